The topological polar surface area (TPSA) is 60.2 Å². The summed E-state index contributed by atoms with van der Waals surface area (Å²) in [5, 5.41) is 0.324. The highest BCUT2D eigenvalue weighted by Gasteiger charge is 2.61. The highest BCUT2D eigenvalue weighted by atomic mass is 32.2. The summed E-state index contributed by atoms with van der Waals surface area (Å²) in [6.07, 6.45) is 9.44. The van der Waals surface area contributed by atoms with Crippen LogP contribution in [0.2, 0.25) is 0 Å². The Balaban J connectivity index is 1.55. The first-order chi connectivity index (χ1) is 12.8. The lowest BCUT2D eigenvalue weighted by molar-refractivity contribution is -0.135. The Morgan fingerprint density at radius 3 is 2.70 bits per heavy atom. The Bertz CT molecular complexity index is 661. The van der Waals surface area contributed by atoms with Crippen molar-refractivity contribution >= 4 is 16.6 Å². The first-order valence-corrected chi connectivity index (χ1v) is 12.5. The van der Waals surface area contributed by atoms with Gasteiger partial charge in [0.15, 0.2) is 0 Å². The van der Waals surface area contributed by atoms with Crippen LogP contribution in [-0.4, -0.2) is 27.5 Å². The van der Waals surface area contributed by atoms with Gasteiger partial charge in [0.2, 0.25) is 0 Å². The molecule has 4 saturated carbocycles. The van der Waals surface area contributed by atoms with E-state index in [-0.39, 0.29) is 5.41 Å². The molecular weight excluding hydrogens is 354 g/mol. The van der Waals surface area contributed by atoms with Crippen LogP contribution in [0.1, 0.15) is 71.6 Å². The number of hydrogen-bond acceptors (Lipinski definition) is 3. The van der Waals surface area contributed by atoms with E-state index in [4.69, 9.17) is 5.73 Å². The summed E-state index contributed by atoms with van der Waals surface area (Å²) in [6, 6.07) is 0. The fourth-order valence-electron chi connectivity index (χ4n) is 7.61. The van der Waals surface area contributed by atoms with Gasteiger partial charge < -0.3 is 5.73 Å². The predicted molar refractivity (Wildman–Crippen MR) is 112 cm³/mol. The summed E-state index contributed by atoms with van der Waals surface area (Å²) in [7, 11) is -0.746. The molecule has 1 unspecified atom stereocenters. The third-order valence-electron chi connectivity index (χ3n) is 9.20. The van der Waals surface area contributed by atoms with E-state index in [0.717, 1.165) is 56.6 Å². The van der Waals surface area contributed by atoms with Crippen molar-refractivity contribution < 1.29 is 9.00 Å². The minimum atomic E-state index is -0.746. The zero-order valence-corrected chi connectivity index (χ0v) is 18.0. The van der Waals surface area contributed by atoms with Gasteiger partial charge in [0.25, 0.3) is 0 Å². The van der Waals surface area contributed by atoms with E-state index >= 15 is 0 Å². The van der Waals surface area contributed by atoms with Gasteiger partial charge in [0.1, 0.15) is 5.78 Å². The SMILES string of the molecule is C=C1C[C@@H]2[C@H](CC[C@]3(C)C(=O)CC[C@@H]23)[C@@]2(C)CC[C@H](S(=O)CCCN)C[C@H]12. The number of allylic oxidation sites excluding steroid dienone is 1. The Morgan fingerprint density at radius 1 is 1.19 bits per heavy atom. The average Bonchev–Trinajstić information content (AvgIpc) is 2.95. The molecule has 0 spiro atoms. The number of hydrogen-bond donors (Lipinski definition) is 1. The third-order valence-corrected chi connectivity index (χ3v) is 11.1. The molecule has 0 radical (unpaired) electrons. The molecule has 0 aromatic carbocycles. The highest BCUT2D eigenvalue weighted by molar-refractivity contribution is 7.85. The first-order valence-electron chi connectivity index (χ1n) is 11.1. The summed E-state index contributed by atoms with van der Waals surface area (Å²) in [5.41, 5.74) is 7.24. The second-order valence-corrected chi connectivity index (χ2v) is 12.2. The van der Waals surface area contributed by atoms with Crippen LogP contribution in [0, 0.1) is 34.5 Å². The van der Waals surface area contributed by atoms with Crippen LogP contribution in [0.5, 0.6) is 0 Å². The van der Waals surface area contributed by atoms with Gasteiger partial charge >= 0.3 is 0 Å². The Hall–Kier alpha value is -0.480. The minimum absolute atomic E-state index is 0.0639. The monoisotopic (exact) mass is 391 g/mol. The number of carbonyl (C=O) groups excluding carboxylic acids is 1. The molecular formula is C23H37NO2S. The molecule has 152 valence electrons. The number of Topliss-reactive ketones (excluding diaryl/α,β-unsaturated/α-hetero) is 1. The zero-order valence-electron chi connectivity index (χ0n) is 17.2. The smallest absolute Gasteiger partial charge is 0.139 e. The number of carbonyl (C=O) groups is 1. The molecule has 0 aromatic heterocycles. The molecule has 8 atom stereocenters. The molecule has 0 aromatic rings. The van der Waals surface area contributed by atoms with E-state index in [9.17, 15) is 9.00 Å². The van der Waals surface area contributed by atoms with Gasteiger partial charge in [-0.05, 0) is 87.0 Å². The molecule has 4 heteroatoms. The third kappa shape index (κ3) is 3.01. The quantitative estimate of drug-likeness (QED) is 0.730. The van der Waals surface area contributed by atoms with Gasteiger partial charge in [-0.3, -0.25) is 9.00 Å². The molecule has 4 aliphatic rings. The van der Waals surface area contributed by atoms with E-state index in [0.29, 0.717) is 40.7 Å². The van der Waals surface area contributed by atoms with Crippen molar-refractivity contribution in [2.24, 2.45) is 40.2 Å². The normalized spacial score (nSPS) is 47.9. The van der Waals surface area contributed by atoms with Crippen LogP contribution in [0.3, 0.4) is 0 Å². The first kappa shape index (κ1) is 19.8. The molecule has 4 fully saturated rings. The van der Waals surface area contributed by atoms with E-state index in [1.165, 1.54) is 18.4 Å². The van der Waals surface area contributed by atoms with Gasteiger partial charge in [-0.25, -0.2) is 0 Å². The van der Waals surface area contributed by atoms with Crippen LogP contribution in [0.25, 0.3) is 0 Å². The molecule has 27 heavy (non-hydrogen) atoms. The second kappa shape index (κ2) is 7.09. The second-order valence-electron chi connectivity index (χ2n) is 10.3. The standard InChI is InChI=1S/C23H37NO2S/c1-15-13-17-18-5-6-21(25)23(18,3)10-8-19(17)22(2)9-7-16(14-20(15)22)27(26)12-4-11-24/h16-20H,1,4-14,24H2,2-3H3/t16-,17-,18-,19-,20+,22+,23-,27?/m0/s1. The largest absolute Gasteiger partial charge is 0.330 e. The fraction of sp³-hybridized carbons (Fsp3) is 0.870. The average molecular weight is 392 g/mol. The maximum Gasteiger partial charge on any atom is 0.139 e. The number of nitrogens with two attached hydrogens (primary N) is 1. The van der Waals surface area contributed by atoms with Crippen LogP contribution >= 0.6 is 0 Å². The Morgan fingerprint density at radius 2 is 1.96 bits per heavy atom. The highest BCUT2D eigenvalue weighted by Crippen LogP contribution is 2.66. The van der Waals surface area contributed by atoms with Gasteiger partial charge in [0.05, 0.1) is 0 Å². The van der Waals surface area contributed by atoms with Crippen molar-refractivity contribution in [2.75, 3.05) is 12.3 Å². The molecule has 0 aliphatic heterocycles. The number of ketones is 1. The molecule has 0 heterocycles. The van der Waals surface area contributed by atoms with Gasteiger partial charge in [-0.1, -0.05) is 26.0 Å². The molecule has 0 saturated heterocycles. The van der Waals surface area contributed by atoms with E-state index < -0.39 is 10.8 Å². The van der Waals surface area contributed by atoms with Crippen LogP contribution in [-0.2, 0) is 15.6 Å². The van der Waals surface area contributed by atoms with Crippen molar-refractivity contribution in [3.63, 3.8) is 0 Å². The minimum Gasteiger partial charge on any atom is -0.330 e. The van der Waals surface area contributed by atoms with Gasteiger partial charge in [-0.2, -0.15) is 0 Å². The van der Waals surface area contributed by atoms with Gasteiger partial charge in [0, 0.05) is 33.6 Å². The summed E-state index contributed by atoms with van der Waals surface area (Å²) >= 11 is 0. The number of rotatable bonds is 4. The molecule has 4 aliphatic carbocycles. The molecule has 4 rings (SSSR count). The van der Waals surface area contributed by atoms with E-state index in [1.54, 1.807) is 0 Å². The van der Waals surface area contributed by atoms with Crippen LogP contribution in [0.4, 0.5) is 0 Å². The van der Waals surface area contributed by atoms with E-state index in [1.807, 2.05) is 0 Å². The summed E-state index contributed by atoms with van der Waals surface area (Å²) < 4.78 is 12.7. The van der Waals surface area contributed by atoms with Crippen LogP contribution < -0.4 is 5.73 Å². The lowest BCUT2D eigenvalue weighted by Crippen LogP contribution is -2.55. The fourth-order valence-corrected chi connectivity index (χ4v) is 9.18. The maximum atomic E-state index is 12.7. The van der Waals surface area contributed by atoms with Gasteiger partial charge in [-0.15, -0.1) is 0 Å². The zero-order chi connectivity index (χ0) is 19.4. The molecule has 0 bridgehead atoms. The summed E-state index contributed by atoms with van der Waals surface area (Å²) in [5.74, 6) is 3.71. The van der Waals surface area contributed by atoms with Crippen molar-refractivity contribution in [1.29, 1.82) is 0 Å². The lowest BCUT2D eigenvalue weighted by atomic mass is 9.44. The van der Waals surface area contributed by atoms with Crippen molar-refractivity contribution in [2.45, 2.75) is 76.9 Å². The Kier molecular flexibility index (Phi) is 5.20. The predicted octanol–water partition coefficient (Wildman–Crippen LogP) is 4.23. The van der Waals surface area contributed by atoms with Crippen LogP contribution in [0.15, 0.2) is 12.2 Å². The maximum absolute atomic E-state index is 12.7. The summed E-state index contributed by atoms with van der Waals surface area (Å²) in [6.45, 7) is 9.92. The molecule has 2 N–H and O–H groups in total. The Labute approximate surface area is 167 Å². The molecule has 3 nitrogen and oxygen atoms in total. The van der Waals surface area contributed by atoms with Crippen molar-refractivity contribution in [1.82, 2.24) is 0 Å². The summed E-state index contributed by atoms with van der Waals surface area (Å²) in [4.78, 5) is 12.6. The number of fused-ring (bicyclic) bond motifs is 5. The van der Waals surface area contributed by atoms with Crippen molar-refractivity contribution in [3.05, 3.63) is 12.2 Å². The van der Waals surface area contributed by atoms with E-state index in [2.05, 4.69) is 20.4 Å². The lowest BCUT2D eigenvalue weighted by Gasteiger charge is -2.60. The van der Waals surface area contributed by atoms with Crippen molar-refractivity contribution in [3.8, 4) is 0 Å². The molecule has 0 amide bonds.